The molecule has 1 amide bonds. The molecule has 5 aromatic rings. The average molecular weight is 533 g/mol. The maximum Gasteiger partial charge on any atom is 0.262 e. The zero-order chi connectivity index (χ0) is 24.8. The number of thiazole rings is 1. The lowest BCUT2D eigenvalue weighted by atomic mass is 9.97. The van der Waals surface area contributed by atoms with E-state index in [1.165, 1.54) is 38.9 Å². The number of anilines is 1. The van der Waals surface area contributed by atoms with Gasteiger partial charge in [0.25, 0.3) is 5.56 Å². The third-order valence-electron chi connectivity index (χ3n) is 6.45. The predicted molar refractivity (Wildman–Crippen MR) is 151 cm³/mol. The minimum atomic E-state index is -0.136. The van der Waals surface area contributed by atoms with Crippen molar-refractivity contribution in [2.24, 2.45) is 7.05 Å². The van der Waals surface area contributed by atoms with Gasteiger partial charge in [0.15, 0.2) is 5.16 Å². The predicted octanol–water partition coefficient (Wildman–Crippen LogP) is 6.19. The van der Waals surface area contributed by atoms with E-state index in [0.717, 1.165) is 51.3 Å². The van der Waals surface area contributed by atoms with Crippen LogP contribution in [0.25, 0.3) is 31.0 Å². The van der Waals surface area contributed by atoms with E-state index in [4.69, 9.17) is 9.97 Å². The van der Waals surface area contributed by atoms with E-state index in [0.29, 0.717) is 5.16 Å². The Labute approximate surface area is 220 Å². The molecule has 0 saturated heterocycles. The number of thioether (sulfide) groups is 1. The van der Waals surface area contributed by atoms with Crippen molar-refractivity contribution in [1.82, 2.24) is 14.5 Å². The summed E-state index contributed by atoms with van der Waals surface area (Å²) in [5.74, 6) is 0.0404. The molecule has 3 aromatic heterocycles. The van der Waals surface area contributed by atoms with Crippen molar-refractivity contribution in [2.75, 3.05) is 11.1 Å². The average Bonchev–Trinajstić information content (AvgIpc) is 3.46. The number of aromatic nitrogens is 3. The second-order valence-corrected chi connectivity index (χ2v) is 12.1. The van der Waals surface area contributed by atoms with Crippen LogP contribution in [0.5, 0.6) is 0 Å². The number of rotatable bonds is 5. The molecule has 3 heterocycles. The second-order valence-electron chi connectivity index (χ2n) is 9.05. The maximum absolute atomic E-state index is 13.1. The van der Waals surface area contributed by atoms with Crippen molar-refractivity contribution in [1.29, 1.82) is 0 Å². The van der Waals surface area contributed by atoms with Gasteiger partial charge in [-0.2, -0.15) is 0 Å². The normalized spacial score (nSPS) is 13.3. The number of aryl methyl sites for hydroxylation is 3. The Morgan fingerprint density at radius 2 is 1.89 bits per heavy atom. The van der Waals surface area contributed by atoms with Gasteiger partial charge in [-0.1, -0.05) is 17.8 Å². The van der Waals surface area contributed by atoms with E-state index < -0.39 is 0 Å². The molecule has 0 spiro atoms. The summed E-state index contributed by atoms with van der Waals surface area (Å²) in [5, 5.41) is 5.25. The molecule has 0 radical (unpaired) electrons. The first kappa shape index (κ1) is 23.4. The Bertz CT molecular complexity index is 1680. The highest BCUT2D eigenvalue weighted by molar-refractivity contribution is 7.99. The zero-order valence-electron chi connectivity index (χ0n) is 20.0. The van der Waals surface area contributed by atoms with Gasteiger partial charge in [0.2, 0.25) is 5.91 Å². The lowest BCUT2D eigenvalue weighted by molar-refractivity contribution is -0.113. The Balaban J connectivity index is 1.14. The zero-order valence-corrected chi connectivity index (χ0v) is 22.4. The first-order valence-electron chi connectivity index (χ1n) is 11.9. The highest BCUT2D eigenvalue weighted by atomic mass is 32.2. The van der Waals surface area contributed by atoms with Gasteiger partial charge in [-0.15, -0.1) is 22.7 Å². The van der Waals surface area contributed by atoms with Crippen molar-refractivity contribution in [3.63, 3.8) is 0 Å². The van der Waals surface area contributed by atoms with E-state index in [-0.39, 0.29) is 17.2 Å². The molecule has 1 aliphatic carbocycles. The third kappa shape index (κ3) is 4.36. The molecule has 0 bridgehead atoms. The standard InChI is InChI=1S/C27H24N4O2S3/c1-15-7-12-19-21(13-15)36-24(29-19)16-8-10-17(11-9-16)28-22(32)14-34-27-30-25-23(26(33)31(27)2)18-5-3-4-6-20(18)35-25/h7-13H,3-6,14H2,1-2H3,(H,28,32). The van der Waals surface area contributed by atoms with Gasteiger partial charge in [0.1, 0.15) is 9.84 Å². The quantitative estimate of drug-likeness (QED) is 0.216. The smallest absolute Gasteiger partial charge is 0.262 e. The van der Waals surface area contributed by atoms with Crippen molar-refractivity contribution in [2.45, 2.75) is 37.8 Å². The molecular weight excluding hydrogens is 509 g/mol. The molecule has 182 valence electrons. The molecule has 6 rings (SSSR count). The summed E-state index contributed by atoms with van der Waals surface area (Å²) in [6.45, 7) is 2.08. The van der Waals surface area contributed by atoms with Crippen LogP contribution in [0.4, 0.5) is 5.69 Å². The third-order valence-corrected chi connectivity index (χ3v) is 9.73. The molecule has 0 atom stereocenters. The Morgan fingerprint density at radius 1 is 1.08 bits per heavy atom. The maximum atomic E-state index is 13.1. The van der Waals surface area contributed by atoms with Crippen molar-refractivity contribution in [3.05, 3.63) is 68.8 Å². The van der Waals surface area contributed by atoms with E-state index in [1.54, 1.807) is 34.3 Å². The van der Waals surface area contributed by atoms with Gasteiger partial charge in [-0.25, -0.2) is 9.97 Å². The van der Waals surface area contributed by atoms with Crippen molar-refractivity contribution in [3.8, 4) is 10.6 Å². The summed E-state index contributed by atoms with van der Waals surface area (Å²) in [5.41, 5.74) is 5.14. The summed E-state index contributed by atoms with van der Waals surface area (Å²) in [4.78, 5) is 37.3. The van der Waals surface area contributed by atoms with E-state index in [2.05, 4.69) is 24.4 Å². The molecule has 0 aliphatic heterocycles. The van der Waals surface area contributed by atoms with Crippen molar-refractivity contribution >= 4 is 66.5 Å². The van der Waals surface area contributed by atoms with Crippen LogP contribution < -0.4 is 10.9 Å². The van der Waals surface area contributed by atoms with Crippen LogP contribution in [-0.2, 0) is 24.7 Å². The van der Waals surface area contributed by atoms with Gasteiger partial charge in [0.05, 0.1) is 21.4 Å². The number of benzene rings is 2. The first-order valence-corrected chi connectivity index (χ1v) is 14.5. The molecular formula is C27H24N4O2S3. The molecule has 0 saturated carbocycles. The molecule has 9 heteroatoms. The van der Waals surface area contributed by atoms with Gasteiger partial charge in [-0.05, 0) is 80.1 Å². The van der Waals surface area contributed by atoms with Crippen LogP contribution in [0.2, 0.25) is 0 Å². The number of carbonyl (C=O) groups excluding carboxylic acids is 1. The fourth-order valence-electron chi connectivity index (χ4n) is 4.57. The van der Waals surface area contributed by atoms with Crippen LogP contribution >= 0.6 is 34.4 Å². The summed E-state index contributed by atoms with van der Waals surface area (Å²) in [6.07, 6.45) is 4.28. The fraction of sp³-hybridized carbons (Fsp3) is 0.259. The monoisotopic (exact) mass is 532 g/mol. The number of fused-ring (bicyclic) bond motifs is 4. The van der Waals surface area contributed by atoms with Gasteiger partial charge in [-0.3, -0.25) is 14.2 Å². The van der Waals surface area contributed by atoms with Crippen LogP contribution in [0, 0.1) is 6.92 Å². The van der Waals surface area contributed by atoms with Crippen LogP contribution in [-0.4, -0.2) is 26.2 Å². The number of carbonyl (C=O) groups is 1. The first-order chi connectivity index (χ1) is 17.5. The number of amides is 1. The van der Waals surface area contributed by atoms with Crippen LogP contribution in [0.15, 0.2) is 52.4 Å². The number of nitrogens with one attached hydrogen (secondary N) is 1. The highest BCUT2D eigenvalue weighted by Crippen LogP contribution is 2.35. The van der Waals surface area contributed by atoms with E-state index in [9.17, 15) is 9.59 Å². The number of nitrogens with zero attached hydrogens (tertiary/aromatic N) is 3. The van der Waals surface area contributed by atoms with Gasteiger partial charge >= 0.3 is 0 Å². The van der Waals surface area contributed by atoms with Crippen LogP contribution in [0.3, 0.4) is 0 Å². The Morgan fingerprint density at radius 3 is 2.72 bits per heavy atom. The molecule has 6 nitrogen and oxygen atoms in total. The summed E-state index contributed by atoms with van der Waals surface area (Å²) >= 11 is 4.59. The van der Waals surface area contributed by atoms with Crippen molar-refractivity contribution < 1.29 is 4.79 Å². The molecule has 1 N–H and O–H groups in total. The van der Waals surface area contributed by atoms with Gasteiger partial charge < -0.3 is 5.32 Å². The summed E-state index contributed by atoms with van der Waals surface area (Å²) in [7, 11) is 1.74. The highest BCUT2D eigenvalue weighted by Gasteiger charge is 2.21. The summed E-state index contributed by atoms with van der Waals surface area (Å²) < 4.78 is 2.75. The number of thiophene rings is 1. The second kappa shape index (κ2) is 9.46. The molecule has 1 aliphatic rings. The number of hydrogen-bond donors (Lipinski definition) is 1. The Hall–Kier alpha value is -3.01. The van der Waals surface area contributed by atoms with Gasteiger partial charge in [0, 0.05) is 23.2 Å². The molecule has 0 unspecified atom stereocenters. The summed E-state index contributed by atoms with van der Waals surface area (Å²) in [6, 6.07) is 14.0. The number of hydrogen-bond acceptors (Lipinski definition) is 7. The molecule has 36 heavy (non-hydrogen) atoms. The van der Waals surface area contributed by atoms with E-state index >= 15 is 0 Å². The minimum absolute atomic E-state index is 0.0112. The molecule has 2 aromatic carbocycles. The SMILES string of the molecule is Cc1ccc2nc(-c3ccc(NC(=O)CSc4nc5sc6c(c5c(=O)n4C)CCCC6)cc3)sc2c1. The van der Waals surface area contributed by atoms with E-state index in [1.807, 2.05) is 30.3 Å². The molecule has 0 fully saturated rings. The minimum Gasteiger partial charge on any atom is -0.325 e. The largest absolute Gasteiger partial charge is 0.325 e. The topological polar surface area (TPSA) is 76.9 Å². The van der Waals surface area contributed by atoms with Crippen LogP contribution in [0.1, 0.15) is 28.8 Å². The lowest BCUT2D eigenvalue weighted by Gasteiger charge is -2.11. The fourth-order valence-corrected chi connectivity index (χ4v) is 7.72. The lowest BCUT2D eigenvalue weighted by Crippen LogP contribution is -2.22. The Kier molecular flexibility index (Phi) is 6.15.